The maximum absolute atomic E-state index is 12.7. The maximum Gasteiger partial charge on any atom is 0.160 e. The smallest absolute Gasteiger partial charge is 0.160 e. The molecule has 0 bridgehead atoms. The van der Waals surface area contributed by atoms with E-state index in [-0.39, 0.29) is 5.78 Å². The van der Waals surface area contributed by atoms with Crippen molar-refractivity contribution in [2.24, 2.45) is 0 Å². The van der Waals surface area contributed by atoms with E-state index in [4.69, 9.17) is 0 Å². The van der Waals surface area contributed by atoms with Crippen molar-refractivity contribution in [3.63, 3.8) is 0 Å². The van der Waals surface area contributed by atoms with Gasteiger partial charge in [-0.1, -0.05) is 97.3 Å². The number of hydrogen-bond acceptors (Lipinski definition) is 1. The molecule has 0 aliphatic heterocycles. The molecule has 29 heavy (non-hydrogen) atoms. The number of carbonyl (C=O) groups excluding carboxylic acids is 1. The quantitative estimate of drug-likeness (QED) is 0.228. The number of hydrogen-bond donors (Lipinski definition) is 0. The summed E-state index contributed by atoms with van der Waals surface area (Å²) in [6, 6.07) is 8.64. The SMILES string of the molecule is CCCC/C=C(\C(C)=O)C1=Cc2ccccc2/C1=C/[Si](C(C)C)(C(C)C)C(C)C. The number of rotatable bonds is 9. The lowest BCUT2D eigenvalue weighted by Gasteiger charge is -2.41. The summed E-state index contributed by atoms with van der Waals surface area (Å²) in [5.41, 5.74) is 10.5. The highest BCUT2D eigenvalue weighted by Gasteiger charge is 2.42. The van der Waals surface area contributed by atoms with Crippen LogP contribution in [0.3, 0.4) is 0 Å². The summed E-state index contributed by atoms with van der Waals surface area (Å²) in [4.78, 5) is 12.7. The lowest BCUT2D eigenvalue weighted by Crippen LogP contribution is -2.43. The van der Waals surface area contributed by atoms with Gasteiger partial charge >= 0.3 is 0 Å². The minimum Gasteiger partial charge on any atom is -0.295 e. The molecular formula is C27H40OSi. The van der Waals surface area contributed by atoms with E-state index in [2.05, 4.69) is 90.6 Å². The molecule has 1 aromatic carbocycles. The summed E-state index contributed by atoms with van der Waals surface area (Å²) in [7, 11) is -1.76. The van der Waals surface area contributed by atoms with Gasteiger partial charge in [0.15, 0.2) is 5.78 Å². The van der Waals surface area contributed by atoms with Gasteiger partial charge in [0, 0.05) is 5.57 Å². The minimum atomic E-state index is -1.76. The Morgan fingerprint density at radius 2 is 1.59 bits per heavy atom. The number of Topliss-reactive ketones (excluding diaryl/α,β-unsaturated/α-hetero) is 1. The third-order valence-corrected chi connectivity index (χ3v) is 13.6. The molecular weight excluding hydrogens is 368 g/mol. The molecule has 0 amide bonds. The van der Waals surface area contributed by atoms with Crippen LogP contribution >= 0.6 is 0 Å². The van der Waals surface area contributed by atoms with Crippen molar-refractivity contribution >= 4 is 25.5 Å². The zero-order chi connectivity index (χ0) is 21.8. The number of ketones is 1. The highest BCUT2D eigenvalue weighted by atomic mass is 28.3. The average Bonchev–Trinajstić information content (AvgIpc) is 2.99. The first-order valence-corrected chi connectivity index (χ1v) is 13.7. The van der Waals surface area contributed by atoms with Crippen LogP contribution in [0.2, 0.25) is 16.6 Å². The molecule has 158 valence electrons. The topological polar surface area (TPSA) is 17.1 Å². The molecule has 0 heterocycles. The second-order valence-electron chi connectivity index (χ2n) is 9.48. The van der Waals surface area contributed by atoms with E-state index in [9.17, 15) is 4.79 Å². The molecule has 0 fully saturated rings. The first kappa shape index (κ1) is 23.6. The number of allylic oxidation sites excluding steroid dienone is 4. The van der Waals surface area contributed by atoms with Crippen LogP contribution in [0.15, 0.2) is 47.2 Å². The average molecular weight is 409 g/mol. The van der Waals surface area contributed by atoms with Crippen LogP contribution < -0.4 is 0 Å². The van der Waals surface area contributed by atoms with Gasteiger partial charge in [-0.15, -0.1) is 0 Å². The Labute approximate surface area is 180 Å². The Hall–Kier alpha value is -1.67. The van der Waals surface area contributed by atoms with Gasteiger partial charge in [0.2, 0.25) is 0 Å². The summed E-state index contributed by atoms with van der Waals surface area (Å²) in [6.07, 6.45) is 7.67. The van der Waals surface area contributed by atoms with Crippen molar-refractivity contribution in [3.8, 4) is 0 Å². The lowest BCUT2D eigenvalue weighted by atomic mass is 9.95. The lowest BCUT2D eigenvalue weighted by molar-refractivity contribution is -0.113. The van der Waals surface area contributed by atoms with Crippen LogP contribution in [0.1, 0.15) is 85.8 Å². The van der Waals surface area contributed by atoms with E-state index < -0.39 is 8.07 Å². The molecule has 0 unspecified atom stereocenters. The highest BCUT2D eigenvalue weighted by molar-refractivity contribution is 6.88. The molecule has 0 spiro atoms. The number of carbonyl (C=O) groups is 1. The van der Waals surface area contributed by atoms with E-state index >= 15 is 0 Å². The Morgan fingerprint density at radius 1 is 1.00 bits per heavy atom. The molecule has 0 radical (unpaired) electrons. The van der Waals surface area contributed by atoms with Gasteiger partial charge in [0.1, 0.15) is 0 Å². The Kier molecular flexibility index (Phi) is 8.05. The van der Waals surface area contributed by atoms with Gasteiger partial charge in [0.05, 0.1) is 8.07 Å². The predicted molar refractivity (Wildman–Crippen MR) is 132 cm³/mol. The number of unbranched alkanes of at least 4 members (excludes halogenated alkanes) is 2. The first-order chi connectivity index (χ1) is 13.7. The third kappa shape index (κ3) is 4.74. The van der Waals surface area contributed by atoms with Crippen LogP contribution in [0.5, 0.6) is 0 Å². The molecule has 0 N–H and O–H groups in total. The molecule has 1 aliphatic rings. The predicted octanol–water partition coefficient (Wildman–Crippen LogP) is 8.39. The van der Waals surface area contributed by atoms with Crippen molar-refractivity contribution < 1.29 is 4.79 Å². The fourth-order valence-electron chi connectivity index (χ4n) is 5.27. The fourth-order valence-corrected chi connectivity index (χ4v) is 11.1. The molecule has 0 saturated heterocycles. The van der Waals surface area contributed by atoms with Crippen molar-refractivity contribution in [1.29, 1.82) is 0 Å². The Balaban J connectivity index is 2.73. The van der Waals surface area contributed by atoms with Gasteiger partial charge in [-0.05, 0) is 58.3 Å². The summed E-state index contributed by atoms with van der Waals surface area (Å²) in [6.45, 7) is 18.3. The zero-order valence-corrected chi connectivity index (χ0v) is 20.8. The van der Waals surface area contributed by atoms with E-state index in [1.54, 1.807) is 6.92 Å². The zero-order valence-electron chi connectivity index (χ0n) is 19.8. The molecule has 1 aromatic rings. The van der Waals surface area contributed by atoms with Crippen LogP contribution in [0.4, 0.5) is 0 Å². The van der Waals surface area contributed by atoms with Gasteiger partial charge in [-0.25, -0.2) is 0 Å². The maximum atomic E-state index is 12.7. The van der Waals surface area contributed by atoms with Gasteiger partial charge < -0.3 is 0 Å². The molecule has 2 rings (SSSR count). The van der Waals surface area contributed by atoms with Crippen molar-refractivity contribution in [1.82, 2.24) is 0 Å². The first-order valence-electron chi connectivity index (χ1n) is 11.4. The third-order valence-electron chi connectivity index (χ3n) is 6.81. The second kappa shape index (κ2) is 9.89. The van der Waals surface area contributed by atoms with E-state index in [0.29, 0.717) is 16.6 Å². The fraction of sp³-hybridized carbons (Fsp3) is 0.519. The number of benzene rings is 1. The van der Waals surface area contributed by atoms with Crippen molar-refractivity contribution in [3.05, 3.63) is 58.3 Å². The van der Waals surface area contributed by atoms with Crippen LogP contribution in [-0.2, 0) is 4.79 Å². The largest absolute Gasteiger partial charge is 0.295 e. The monoisotopic (exact) mass is 408 g/mol. The minimum absolute atomic E-state index is 0.178. The normalized spacial score (nSPS) is 16.2. The van der Waals surface area contributed by atoms with Crippen LogP contribution in [-0.4, -0.2) is 13.9 Å². The Bertz CT molecular complexity index is 799. The highest BCUT2D eigenvalue weighted by Crippen LogP contribution is 2.48. The van der Waals surface area contributed by atoms with Crippen LogP contribution in [0, 0.1) is 0 Å². The molecule has 1 aliphatic carbocycles. The molecule has 1 nitrogen and oxygen atoms in total. The standard InChI is InChI=1S/C27H40OSi/c1-9-10-11-15-24(22(8)28)26-17-23-14-12-13-16-25(23)27(26)18-29(19(2)3,20(4)5)21(6)7/h12-21H,9-11H2,1-8H3/b24-15+,27-18-. The van der Waals surface area contributed by atoms with Gasteiger partial charge in [0.25, 0.3) is 0 Å². The Morgan fingerprint density at radius 3 is 2.10 bits per heavy atom. The molecule has 2 heteroatoms. The summed E-state index contributed by atoms with van der Waals surface area (Å²) in [5, 5.41) is 0. The van der Waals surface area contributed by atoms with Gasteiger partial charge in [-0.2, -0.15) is 0 Å². The second-order valence-corrected chi connectivity index (χ2v) is 15.2. The van der Waals surface area contributed by atoms with Crippen molar-refractivity contribution in [2.45, 2.75) is 91.3 Å². The molecule has 0 atom stereocenters. The summed E-state index contributed by atoms with van der Waals surface area (Å²) in [5.74, 6) is 0.178. The molecule has 0 saturated carbocycles. The van der Waals surface area contributed by atoms with Gasteiger partial charge in [-0.3, -0.25) is 4.79 Å². The summed E-state index contributed by atoms with van der Waals surface area (Å²) < 4.78 is 0. The van der Waals surface area contributed by atoms with Crippen LogP contribution in [0.25, 0.3) is 11.6 Å². The van der Waals surface area contributed by atoms with E-state index in [1.807, 2.05) is 0 Å². The van der Waals surface area contributed by atoms with Crippen molar-refractivity contribution in [2.75, 3.05) is 0 Å². The van der Waals surface area contributed by atoms with E-state index in [0.717, 1.165) is 30.4 Å². The van der Waals surface area contributed by atoms with E-state index in [1.165, 1.54) is 16.7 Å². The summed E-state index contributed by atoms with van der Waals surface area (Å²) >= 11 is 0. The molecule has 0 aromatic heterocycles. The number of fused-ring (bicyclic) bond motifs is 1.